The van der Waals surface area contributed by atoms with E-state index in [-0.39, 0.29) is 18.3 Å². The third-order valence-corrected chi connectivity index (χ3v) is 5.86. The molecule has 112 valence electrons. The Morgan fingerprint density at radius 2 is 1.71 bits per heavy atom. The van der Waals surface area contributed by atoms with Gasteiger partial charge in [-0.15, -0.1) is 0 Å². The molecule has 0 unspecified atom stereocenters. The highest BCUT2D eigenvalue weighted by Crippen LogP contribution is 2.50. The van der Waals surface area contributed by atoms with Crippen LogP contribution in [0.5, 0.6) is 0 Å². The summed E-state index contributed by atoms with van der Waals surface area (Å²) >= 11 is 0. The third kappa shape index (κ3) is 2.00. The lowest BCUT2D eigenvalue weighted by Crippen LogP contribution is -2.41. The van der Waals surface area contributed by atoms with Crippen LogP contribution in [0.25, 0.3) is 0 Å². The van der Waals surface area contributed by atoms with Gasteiger partial charge in [-0.25, -0.2) is 0 Å². The highest BCUT2D eigenvalue weighted by molar-refractivity contribution is 6.62. The predicted octanol–water partition coefficient (Wildman–Crippen LogP) is 2.12. The lowest BCUT2D eigenvalue weighted by atomic mass is 9.75. The smallest absolute Gasteiger partial charge is 0.399 e. The summed E-state index contributed by atoms with van der Waals surface area (Å²) < 4.78 is 12.3. The lowest BCUT2D eigenvalue weighted by molar-refractivity contribution is 0.00578. The molecule has 1 spiro atoms. The van der Waals surface area contributed by atoms with Gasteiger partial charge in [0.2, 0.25) is 0 Å². The first-order valence-electron chi connectivity index (χ1n) is 8.03. The minimum Gasteiger partial charge on any atom is -0.399 e. The van der Waals surface area contributed by atoms with Gasteiger partial charge in [0.25, 0.3) is 0 Å². The molecule has 0 aromatic heterocycles. The van der Waals surface area contributed by atoms with Gasteiger partial charge in [-0.1, -0.05) is 18.2 Å². The predicted molar refractivity (Wildman–Crippen MR) is 84.8 cm³/mol. The summed E-state index contributed by atoms with van der Waals surface area (Å²) in [6, 6.07) is 6.79. The van der Waals surface area contributed by atoms with Crippen molar-refractivity contribution in [2.24, 2.45) is 0 Å². The topological polar surface area (TPSA) is 30.5 Å². The van der Waals surface area contributed by atoms with E-state index < -0.39 is 0 Å². The summed E-state index contributed by atoms with van der Waals surface area (Å²) in [6.07, 6.45) is 2.64. The van der Waals surface area contributed by atoms with Gasteiger partial charge < -0.3 is 14.6 Å². The second-order valence-corrected chi connectivity index (χ2v) is 7.89. The summed E-state index contributed by atoms with van der Waals surface area (Å²) in [4.78, 5) is 0. The second kappa shape index (κ2) is 4.12. The second-order valence-electron chi connectivity index (χ2n) is 7.89. The third-order valence-electron chi connectivity index (χ3n) is 5.86. The van der Waals surface area contributed by atoms with Gasteiger partial charge in [-0.05, 0) is 57.1 Å². The largest absolute Gasteiger partial charge is 0.494 e. The molecule has 0 atom stereocenters. The van der Waals surface area contributed by atoms with Crippen molar-refractivity contribution in [2.45, 2.75) is 63.7 Å². The molecule has 3 aliphatic rings. The summed E-state index contributed by atoms with van der Waals surface area (Å²) in [6.45, 7) is 10.5. The molecule has 21 heavy (non-hydrogen) atoms. The molecule has 1 N–H and O–H groups in total. The highest BCUT2D eigenvalue weighted by atomic mass is 16.7. The summed E-state index contributed by atoms with van der Waals surface area (Å²) in [5.41, 5.74) is 3.99. The first-order chi connectivity index (χ1) is 9.83. The molecule has 0 amide bonds. The Morgan fingerprint density at radius 1 is 1.05 bits per heavy atom. The van der Waals surface area contributed by atoms with Crippen LogP contribution in [0.15, 0.2) is 18.2 Å². The molecule has 1 saturated carbocycles. The van der Waals surface area contributed by atoms with E-state index in [1.165, 1.54) is 18.4 Å². The maximum atomic E-state index is 6.17. The van der Waals surface area contributed by atoms with Crippen LogP contribution < -0.4 is 10.8 Å². The van der Waals surface area contributed by atoms with E-state index >= 15 is 0 Å². The van der Waals surface area contributed by atoms with E-state index in [9.17, 15) is 0 Å². The number of fused-ring (bicyclic) bond motifs is 2. The quantitative estimate of drug-likeness (QED) is 0.802. The first-order valence-corrected chi connectivity index (χ1v) is 8.03. The fourth-order valence-corrected chi connectivity index (χ4v) is 3.53. The van der Waals surface area contributed by atoms with Crippen LogP contribution in [0.4, 0.5) is 0 Å². The Labute approximate surface area is 127 Å². The molecule has 2 fully saturated rings. The van der Waals surface area contributed by atoms with E-state index in [0.717, 1.165) is 18.6 Å². The summed E-state index contributed by atoms with van der Waals surface area (Å²) in [5.74, 6) is 0. The van der Waals surface area contributed by atoms with Crippen LogP contribution in [0.2, 0.25) is 0 Å². The molecule has 1 aromatic rings. The van der Waals surface area contributed by atoms with Crippen molar-refractivity contribution in [1.82, 2.24) is 5.32 Å². The van der Waals surface area contributed by atoms with Crippen molar-refractivity contribution in [3.8, 4) is 0 Å². The molecule has 2 aliphatic heterocycles. The zero-order chi connectivity index (χ0) is 14.9. The normalized spacial score (nSPS) is 27.7. The molecule has 2 heterocycles. The van der Waals surface area contributed by atoms with E-state index in [0.29, 0.717) is 5.41 Å². The molecule has 0 radical (unpaired) electrons. The lowest BCUT2D eigenvalue weighted by Gasteiger charge is -2.32. The van der Waals surface area contributed by atoms with Crippen molar-refractivity contribution in [2.75, 3.05) is 6.54 Å². The minimum atomic E-state index is -0.274. The van der Waals surface area contributed by atoms with Crippen LogP contribution in [0, 0.1) is 0 Å². The van der Waals surface area contributed by atoms with Gasteiger partial charge in [-0.3, -0.25) is 0 Å². The van der Waals surface area contributed by atoms with Crippen molar-refractivity contribution in [3.63, 3.8) is 0 Å². The number of rotatable bonds is 1. The molecule has 4 rings (SSSR count). The molecular formula is C17H24BNO2. The zero-order valence-electron chi connectivity index (χ0n) is 13.5. The van der Waals surface area contributed by atoms with E-state index in [4.69, 9.17) is 9.31 Å². The van der Waals surface area contributed by atoms with Crippen LogP contribution in [0.3, 0.4) is 0 Å². The van der Waals surface area contributed by atoms with Gasteiger partial charge in [-0.2, -0.15) is 0 Å². The number of hydrogen-bond acceptors (Lipinski definition) is 3. The summed E-state index contributed by atoms with van der Waals surface area (Å²) in [7, 11) is -0.252. The summed E-state index contributed by atoms with van der Waals surface area (Å²) in [5, 5.41) is 3.56. The van der Waals surface area contributed by atoms with Crippen molar-refractivity contribution < 1.29 is 9.31 Å². The Hall–Kier alpha value is -0.835. The Balaban J connectivity index is 1.66. The van der Waals surface area contributed by atoms with Crippen LogP contribution in [-0.2, 0) is 21.3 Å². The standard InChI is InChI=1S/C17H24BNO2/c1-15(2)16(3,4)21-18(20-15)13-5-6-14-12(9-13)10-19-11-17(14)7-8-17/h5-6,9,19H,7-8,10-11H2,1-4H3. The van der Waals surface area contributed by atoms with Gasteiger partial charge in [0, 0.05) is 18.5 Å². The molecule has 1 saturated heterocycles. The Bertz CT molecular complexity index is 576. The number of hydrogen-bond donors (Lipinski definition) is 1. The van der Waals surface area contributed by atoms with E-state index in [1.807, 2.05) is 0 Å². The maximum absolute atomic E-state index is 6.17. The number of benzene rings is 1. The first kappa shape index (κ1) is 13.8. The fraction of sp³-hybridized carbons (Fsp3) is 0.647. The maximum Gasteiger partial charge on any atom is 0.494 e. The van der Waals surface area contributed by atoms with Gasteiger partial charge in [0.05, 0.1) is 11.2 Å². The van der Waals surface area contributed by atoms with E-state index in [2.05, 4.69) is 51.2 Å². The average Bonchev–Trinajstić information content (AvgIpc) is 3.13. The van der Waals surface area contributed by atoms with Gasteiger partial charge in [0.15, 0.2) is 0 Å². The molecule has 1 aromatic carbocycles. The van der Waals surface area contributed by atoms with Crippen LogP contribution >= 0.6 is 0 Å². The highest BCUT2D eigenvalue weighted by Gasteiger charge is 2.52. The van der Waals surface area contributed by atoms with Crippen molar-refractivity contribution in [1.29, 1.82) is 0 Å². The fourth-order valence-electron chi connectivity index (χ4n) is 3.53. The van der Waals surface area contributed by atoms with Crippen molar-refractivity contribution in [3.05, 3.63) is 29.3 Å². The monoisotopic (exact) mass is 285 g/mol. The van der Waals surface area contributed by atoms with Crippen LogP contribution in [-0.4, -0.2) is 24.9 Å². The van der Waals surface area contributed by atoms with Crippen LogP contribution in [0.1, 0.15) is 51.7 Å². The minimum absolute atomic E-state index is 0.252. The molecule has 3 nitrogen and oxygen atoms in total. The molecule has 0 bridgehead atoms. The molecule has 4 heteroatoms. The Morgan fingerprint density at radius 3 is 2.33 bits per heavy atom. The average molecular weight is 285 g/mol. The molecule has 1 aliphatic carbocycles. The Kier molecular flexibility index (Phi) is 2.71. The zero-order valence-corrected chi connectivity index (χ0v) is 13.5. The van der Waals surface area contributed by atoms with Gasteiger partial charge in [0.1, 0.15) is 0 Å². The molecular weight excluding hydrogens is 261 g/mol. The number of nitrogens with one attached hydrogen (secondary N) is 1. The SMILES string of the molecule is CC1(C)OB(c2ccc3c(c2)CNCC32CC2)OC1(C)C. The van der Waals surface area contributed by atoms with Crippen molar-refractivity contribution >= 4 is 12.6 Å². The van der Waals surface area contributed by atoms with E-state index in [1.54, 1.807) is 5.56 Å². The van der Waals surface area contributed by atoms with Gasteiger partial charge >= 0.3 is 7.12 Å².